The quantitative estimate of drug-likeness (QED) is 0.568. The van der Waals surface area contributed by atoms with Crippen LogP contribution in [0.4, 0.5) is 12.9 Å². The molecule has 0 N–H and O–H groups in total. The molecule has 1 aromatic heterocycles. The van der Waals surface area contributed by atoms with Crippen molar-refractivity contribution in [2.24, 2.45) is 0 Å². The second-order valence-electron chi connectivity index (χ2n) is 2.32. The molecular formula is C6H6BF3KNS2. The second-order valence-corrected chi connectivity index (χ2v) is 4.44. The van der Waals surface area contributed by atoms with Gasteiger partial charge in [-0.1, -0.05) is 11.8 Å². The Morgan fingerprint density at radius 2 is 2.21 bits per heavy atom. The first-order valence-corrected chi connectivity index (χ1v) is 5.26. The maximum atomic E-state index is 12.0. The van der Waals surface area contributed by atoms with Gasteiger partial charge >= 0.3 is 58.4 Å². The summed E-state index contributed by atoms with van der Waals surface area (Å²) in [7, 11) is 0. The van der Waals surface area contributed by atoms with E-state index in [0.29, 0.717) is 4.34 Å². The summed E-state index contributed by atoms with van der Waals surface area (Å²) in [5.41, 5.74) is -0.666. The molecule has 0 aromatic carbocycles. The van der Waals surface area contributed by atoms with Gasteiger partial charge in [0.05, 0.1) is 0 Å². The zero-order valence-electron chi connectivity index (χ0n) is 7.54. The Hall–Kier alpha value is 1.21. The average Bonchev–Trinajstić information content (AvgIpc) is 2.50. The van der Waals surface area contributed by atoms with Crippen LogP contribution in [-0.2, 0) is 0 Å². The standard InChI is InChI=1S/C6H6BF3NS2.K/c1-5(7(8,9)10)4-13-6-11-2-3-12-6;/h2-3H,1,4H2;/q-1;+1. The van der Waals surface area contributed by atoms with Crippen LogP contribution in [0.15, 0.2) is 28.0 Å². The summed E-state index contributed by atoms with van der Waals surface area (Å²) in [6, 6.07) is 0. The SMILES string of the molecule is C=C(CSc1nccs1)[B-](F)(F)F.[K+]. The van der Waals surface area contributed by atoms with Crippen molar-refractivity contribution in [2.75, 3.05) is 5.75 Å². The number of aromatic nitrogens is 1. The smallest absolute Gasteiger partial charge is 0.445 e. The van der Waals surface area contributed by atoms with Gasteiger partial charge in [-0.3, -0.25) is 0 Å². The number of hydrogen-bond donors (Lipinski definition) is 0. The van der Waals surface area contributed by atoms with E-state index < -0.39 is 12.4 Å². The molecule has 1 nitrogen and oxygen atoms in total. The molecule has 0 aliphatic carbocycles. The summed E-state index contributed by atoms with van der Waals surface area (Å²) >= 11 is 2.39. The Morgan fingerprint density at radius 1 is 1.57 bits per heavy atom. The minimum absolute atomic E-state index is 0. The van der Waals surface area contributed by atoms with Crippen molar-refractivity contribution in [3.05, 3.63) is 23.6 Å². The van der Waals surface area contributed by atoms with E-state index >= 15 is 0 Å². The van der Waals surface area contributed by atoms with E-state index in [1.165, 1.54) is 11.3 Å². The van der Waals surface area contributed by atoms with Crippen LogP contribution >= 0.6 is 23.1 Å². The van der Waals surface area contributed by atoms with E-state index in [1.807, 2.05) is 0 Å². The van der Waals surface area contributed by atoms with E-state index in [1.54, 1.807) is 11.6 Å². The Kier molecular flexibility index (Phi) is 7.30. The van der Waals surface area contributed by atoms with Gasteiger partial charge in [0.1, 0.15) is 4.34 Å². The maximum absolute atomic E-state index is 12.0. The van der Waals surface area contributed by atoms with Crippen LogP contribution in [0.5, 0.6) is 0 Å². The molecule has 0 spiro atoms. The fourth-order valence-corrected chi connectivity index (χ4v) is 2.14. The van der Waals surface area contributed by atoms with Gasteiger partial charge in [-0.15, -0.1) is 23.4 Å². The molecule has 0 aliphatic rings. The third-order valence-electron chi connectivity index (χ3n) is 1.25. The second kappa shape index (κ2) is 6.72. The van der Waals surface area contributed by atoms with Gasteiger partial charge in [0, 0.05) is 11.6 Å². The van der Waals surface area contributed by atoms with Crippen LogP contribution in [0, 0.1) is 0 Å². The zero-order chi connectivity index (χ0) is 9.90. The Bertz CT molecular complexity index is 288. The molecule has 0 unspecified atom stereocenters. The van der Waals surface area contributed by atoms with Gasteiger partial charge in [-0.25, -0.2) is 4.98 Å². The van der Waals surface area contributed by atoms with E-state index in [4.69, 9.17) is 0 Å². The number of hydrogen-bond acceptors (Lipinski definition) is 3. The molecule has 1 heterocycles. The first kappa shape index (κ1) is 15.2. The Balaban J connectivity index is 0.00000169. The normalized spacial score (nSPS) is 10.8. The summed E-state index contributed by atoms with van der Waals surface area (Å²) in [5.74, 6) is -0.128. The van der Waals surface area contributed by atoms with Crippen molar-refractivity contribution in [2.45, 2.75) is 4.34 Å². The number of nitrogens with zero attached hydrogens (tertiary/aromatic N) is 1. The predicted molar refractivity (Wildman–Crippen MR) is 51.1 cm³/mol. The van der Waals surface area contributed by atoms with Gasteiger partial charge in [-0.2, -0.15) is 0 Å². The average molecular weight is 263 g/mol. The van der Waals surface area contributed by atoms with E-state index in [9.17, 15) is 12.9 Å². The topological polar surface area (TPSA) is 12.9 Å². The summed E-state index contributed by atoms with van der Waals surface area (Å²) in [6.45, 7) is -1.91. The Morgan fingerprint density at radius 3 is 2.64 bits per heavy atom. The van der Waals surface area contributed by atoms with Crippen LogP contribution in [0.25, 0.3) is 0 Å². The molecule has 0 atom stereocenters. The van der Waals surface area contributed by atoms with Gasteiger partial charge < -0.3 is 12.9 Å². The van der Waals surface area contributed by atoms with Crippen LogP contribution in [0.1, 0.15) is 0 Å². The monoisotopic (exact) mass is 263 g/mol. The van der Waals surface area contributed by atoms with Gasteiger partial charge in [-0.05, 0) is 5.75 Å². The maximum Gasteiger partial charge on any atom is 1.00 e. The number of thioether (sulfide) groups is 1. The fraction of sp³-hybridized carbons (Fsp3) is 0.167. The van der Waals surface area contributed by atoms with Gasteiger partial charge in [0.15, 0.2) is 0 Å². The number of thiazole rings is 1. The Labute approximate surface area is 131 Å². The van der Waals surface area contributed by atoms with Crippen molar-refractivity contribution in [3.8, 4) is 0 Å². The molecule has 0 amide bonds. The van der Waals surface area contributed by atoms with Crippen molar-refractivity contribution in [1.29, 1.82) is 0 Å². The fourth-order valence-electron chi connectivity index (χ4n) is 0.531. The molecule has 0 saturated heterocycles. The van der Waals surface area contributed by atoms with Crippen LogP contribution < -0.4 is 51.4 Å². The summed E-state index contributed by atoms with van der Waals surface area (Å²) in [5, 5.41) is 1.73. The molecule has 1 aromatic rings. The molecule has 72 valence electrons. The minimum atomic E-state index is -4.89. The minimum Gasteiger partial charge on any atom is -0.445 e. The molecule has 0 aliphatic heterocycles. The van der Waals surface area contributed by atoms with Crippen molar-refractivity contribution in [1.82, 2.24) is 4.98 Å². The van der Waals surface area contributed by atoms with Crippen molar-refractivity contribution < 1.29 is 64.3 Å². The van der Waals surface area contributed by atoms with E-state index in [0.717, 1.165) is 11.8 Å². The van der Waals surface area contributed by atoms with Crippen LogP contribution in [0.3, 0.4) is 0 Å². The largest absolute Gasteiger partial charge is 1.00 e. The zero-order valence-corrected chi connectivity index (χ0v) is 12.3. The number of rotatable bonds is 4. The molecule has 0 saturated carbocycles. The number of halogens is 3. The van der Waals surface area contributed by atoms with Crippen LogP contribution in [-0.4, -0.2) is 17.7 Å². The first-order valence-electron chi connectivity index (χ1n) is 3.40. The van der Waals surface area contributed by atoms with Gasteiger partial charge in [0.25, 0.3) is 0 Å². The first-order chi connectivity index (χ1) is 6.00. The van der Waals surface area contributed by atoms with E-state index in [2.05, 4.69) is 11.6 Å². The molecule has 0 radical (unpaired) electrons. The molecule has 14 heavy (non-hydrogen) atoms. The van der Waals surface area contributed by atoms with Gasteiger partial charge in [0.2, 0.25) is 0 Å². The molecule has 8 heteroatoms. The van der Waals surface area contributed by atoms with Crippen molar-refractivity contribution in [3.63, 3.8) is 0 Å². The molecule has 0 bridgehead atoms. The summed E-state index contributed by atoms with van der Waals surface area (Å²) < 4.78 is 36.7. The molecule has 0 fully saturated rings. The predicted octanol–water partition coefficient (Wildman–Crippen LogP) is 0.182. The summed E-state index contributed by atoms with van der Waals surface area (Å²) in [4.78, 5) is 3.85. The third kappa shape index (κ3) is 5.34. The third-order valence-corrected chi connectivity index (χ3v) is 3.33. The van der Waals surface area contributed by atoms with Crippen molar-refractivity contribution >= 4 is 30.1 Å². The molecular weight excluding hydrogens is 257 g/mol. The van der Waals surface area contributed by atoms with Crippen LogP contribution in [0.2, 0.25) is 0 Å². The molecule has 1 rings (SSSR count). The summed E-state index contributed by atoms with van der Waals surface area (Å²) in [6.07, 6.45) is 1.56. The van der Waals surface area contributed by atoms with E-state index in [-0.39, 0.29) is 57.1 Å².